The van der Waals surface area contributed by atoms with E-state index in [2.05, 4.69) is 10.4 Å². The molecule has 2 aromatic heterocycles. The van der Waals surface area contributed by atoms with Gasteiger partial charge in [0.2, 0.25) is 0 Å². The Balaban J connectivity index is 1.65. The summed E-state index contributed by atoms with van der Waals surface area (Å²) in [6.45, 7) is 3.78. The molecule has 1 atom stereocenters. The molecule has 0 bridgehead atoms. The molecule has 7 heteroatoms. The highest BCUT2D eigenvalue weighted by Gasteiger charge is 2.26. The summed E-state index contributed by atoms with van der Waals surface area (Å²) < 4.78 is 7.47. The first kappa shape index (κ1) is 15.1. The van der Waals surface area contributed by atoms with Crippen LogP contribution in [0.3, 0.4) is 0 Å². The van der Waals surface area contributed by atoms with Crippen molar-refractivity contribution in [2.24, 2.45) is 7.05 Å². The SMILES string of the molecule is CCc1cc(NC(=O)N2CCOC(c3cccs3)C2)n(C)n1. The summed E-state index contributed by atoms with van der Waals surface area (Å²) in [5, 5.41) is 9.31. The molecule has 1 fully saturated rings. The van der Waals surface area contributed by atoms with Crippen LogP contribution in [0.25, 0.3) is 0 Å². The van der Waals surface area contributed by atoms with Crippen molar-refractivity contribution in [2.45, 2.75) is 19.4 Å². The van der Waals surface area contributed by atoms with Crippen LogP contribution >= 0.6 is 11.3 Å². The molecule has 0 aliphatic carbocycles. The van der Waals surface area contributed by atoms with Crippen LogP contribution in [0.2, 0.25) is 0 Å². The second-order valence-electron chi connectivity index (χ2n) is 5.25. The highest BCUT2D eigenvalue weighted by atomic mass is 32.1. The fourth-order valence-corrected chi connectivity index (χ4v) is 3.25. The summed E-state index contributed by atoms with van der Waals surface area (Å²) in [7, 11) is 1.84. The van der Waals surface area contributed by atoms with E-state index in [9.17, 15) is 4.79 Å². The number of hydrogen-bond donors (Lipinski definition) is 1. The topological polar surface area (TPSA) is 59.4 Å². The first-order valence-electron chi connectivity index (χ1n) is 7.41. The molecular formula is C15H20N4O2S. The van der Waals surface area contributed by atoms with Gasteiger partial charge in [0.05, 0.1) is 18.8 Å². The Kier molecular flexibility index (Phi) is 4.44. The van der Waals surface area contributed by atoms with Gasteiger partial charge in [-0.2, -0.15) is 5.10 Å². The lowest BCUT2D eigenvalue weighted by molar-refractivity contribution is -0.0116. The van der Waals surface area contributed by atoms with Gasteiger partial charge in [0, 0.05) is 24.5 Å². The maximum Gasteiger partial charge on any atom is 0.323 e. The highest BCUT2D eigenvalue weighted by Crippen LogP contribution is 2.26. The number of aromatic nitrogens is 2. The third kappa shape index (κ3) is 3.15. The van der Waals surface area contributed by atoms with E-state index in [1.807, 2.05) is 37.6 Å². The molecule has 118 valence electrons. The molecule has 1 saturated heterocycles. The van der Waals surface area contributed by atoms with Crippen molar-refractivity contribution in [3.63, 3.8) is 0 Å². The minimum absolute atomic E-state index is 0.0303. The Hall–Kier alpha value is -1.86. The van der Waals surface area contributed by atoms with Crippen molar-refractivity contribution in [3.8, 4) is 0 Å². The van der Waals surface area contributed by atoms with Gasteiger partial charge in [-0.05, 0) is 17.9 Å². The van der Waals surface area contributed by atoms with Crippen LogP contribution < -0.4 is 5.32 Å². The van der Waals surface area contributed by atoms with E-state index in [-0.39, 0.29) is 12.1 Å². The zero-order valence-corrected chi connectivity index (χ0v) is 13.6. The number of aryl methyl sites for hydroxylation is 2. The average molecular weight is 320 g/mol. The Morgan fingerprint density at radius 1 is 1.59 bits per heavy atom. The number of thiophene rings is 1. The van der Waals surface area contributed by atoms with Crippen molar-refractivity contribution in [2.75, 3.05) is 25.0 Å². The molecule has 22 heavy (non-hydrogen) atoms. The number of carbonyl (C=O) groups excluding carboxylic acids is 1. The molecule has 1 N–H and O–H groups in total. The largest absolute Gasteiger partial charge is 0.369 e. The maximum absolute atomic E-state index is 12.5. The van der Waals surface area contributed by atoms with E-state index >= 15 is 0 Å². The van der Waals surface area contributed by atoms with Gasteiger partial charge >= 0.3 is 6.03 Å². The van der Waals surface area contributed by atoms with Crippen LogP contribution in [-0.2, 0) is 18.2 Å². The van der Waals surface area contributed by atoms with Crippen molar-refractivity contribution in [1.29, 1.82) is 0 Å². The molecular weight excluding hydrogens is 300 g/mol. The molecule has 1 aliphatic heterocycles. The zero-order valence-electron chi connectivity index (χ0n) is 12.8. The molecule has 0 radical (unpaired) electrons. The quantitative estimate of drug-likeness (QED) is 0.946. The molecule has 0 spiro atoms. The summed E-state index contributed by atoms with van der Waals surface area (Å²) in [5.74, 6) is 0.723. The summed E-state index contributed by atoms with van der Waals surface area (Å²) >= 11 is 1.66. The highest BCUT2D eigenvalue weighted by molar-refractivity contribution is 7.10. The smallest absolute Gasteiger partial charge is 0.323 e. The number of rotatable bonds is 3. The van der Waals surface area contributed by atoms with Crippen molar-refractivity contribution in [1.82, 2.24) is 14.7 Å². The van der Waals surface area contributed by atoms with Crippen LogP contribution in [0.1, 0.15) is 23.6 Å². The lowest BCUT2D eigenvalue weighted by Crippen LogP contribution is -2.44. The number of hydrogen-bond acceptors (Lipinski definition) is 4. The summed E-state index contributed by atoms with van der Waals surface area (Å²) in [4.78, 5) is 15.4. The number of morpholine rings is 1. The Morgan fingerprint density at radius 3 is 3.14 bits per heavy atom. The van der Waals surface area contributed by atoms with E-state index in [0.29, 0.717) is 19.7 Å². The summed E-state index contributed by atoms with van der Waals surface area (Å²) in [5.41, 5.74) is 0.969. The number of carbonyl (C=O) groups is 1. The van der Waals surface area contributed by atoms with Crippen LogP contribution in [0.5, 0.6) is 0 Å². The van der Waals surface area contributed by atoms with E-state index in [1.165, 1.54) is 0 Å². The molecule has 1 aliphatic rings. The van der Waals surface area contributed by atoms with Crippen LogP contribution in [0.4, 0.5) is 10.6 Å². The van der Waals surface area contributed by atoms with Gasteiger partial charge < -0.3 is 9.64 Å². The number of amides is 2. The number of nitrogens with one attached hydrogen (secondary N) is 1. The van der Waals surface area contributed by atoms with Gasteiger partial charge in [-0.1, -0.05) is 13.0 Å². The van der Waals surface area contributed by atoms with Crippen molar-refractivity contribution >= 4 is 23.2 Å². The number of urea groups is 1. The minimum atomic E-state index is -0.101. The average Bonchev–Trinajstić information content (AvgIpc) is 3.18. The lowest BCUT2D eigenvalue weighted by Gasteiger charge is -2.32. The van der Waals surface area contributed by atoms with Crippen LogP contribution in [0.15, 0.2) is 23.6 Å². The lowest BCUT2D eigenvalue weighted by atomic mass is 10.2. The van der Waals surface area contributed by atoms with Crippen molar-refractivity contribution < 1.29 is 9.53 Å². The predicted molar refractivity (Wildman–Crippen MR) is 86.2 cm³/mol. The van der Waals surface area contributed by atoms with Gasteiger partial charge in [-0.15, -0.1) is 11.3 Å². The number of nitrogens with zero attached hydrogens (tertiary/aromatic N) is 3. The van der Waals surface area contributed by atoms with Crippen LogP contribution in [-0.4, -0.2) is 40.4 Å². The fourth-order valence-electron chi connectivity index (χ4n) is 2.49. The van der Waals surface area contributed by atoms with E-state index in [1.54, 1.807) is 20.9 Å². The van der Waals surface area contributed by atoms with Gasteiger partial charge in [-0.25, -0.2) is 4.79 Å². The molecule has 6 nitrogen and oxygen atoms in total. The molecule has 3 rings (SSSR count). The first-order chi connectivity index (χ1) is 10.7. The second-order valence-corrected chi connectivity index (χ2v) is 6.23. The zero-order chi connectivity index (χ0) is 15.5. The van der Waals surface area contributed by atoms with Crippen molar-refractivity contribution in [3.05, 3.63) is 34.2 Å². The molecule has 0 saturated carbocycles. The van der Waals surface area contributed by atoms with E-state index < -0.39 is 0 Å². The predicted octanol–water partition coefficient (Wildman–Crippen LogP) is 2.65. The molecule has 2 aromatic rings. The Bertz CT molecular complexity index is 638. The fraction of sp³-hybridized carbons (Fsp3) is 0.467. The second kappa shape index (κ2) is 6.50. The van der Waals surface area contributed by atoms with Gasteiger partial charge in [-0.3, -0.25) is 10.00 Å². The third-order valence-corrected chi connectivity index (χ3v) is 4.71. The number of anilines is 1. The van der Waals surface area contributed by atoms with Gasteiger partial charge in [0.15, 0.2) is 0 Å². The van der Waals surface area contributed by atoms with Crippen LogP contribution in [0, 0.1) is 0 Å². The van der Waals surface area contributed by atoms with E-state index in [0.717, 1.165) is 22.8 Å². The Morgan fingerprint density at radius 2 is 2.45 bits per heavy atom. The Labute approximate surface area is 133 Å². The third-order valence-electron chi connectivity index (χ3n) is 3.74. The minimum Gasteiger partial charge on any atom is -0.369 e. The van der Waals surface area contributed by atoms with E-state index in [4.69, 9.17) is 4.74 Å². The van der Waals surface area contributed by atoms with Gasteiger partial charge in [0.25, 0.3) is 0 Å². The summed E-state index contributed by atoms with van der Waals surface area (Å²) in [6, 6.07) is 5.86. The number of ether oxygens (including phenoxy) is 1. The standard InChI is InChI=1S/C15H20N4O2S/c1-3-11-9-14(18(2)17-11)16-15(20)19-6-7-21-12(10-19)13-5-4-8-22-13/h4-5,8-9,12H,3,6-7,10H2,1-2H3,(H,16,20). The summed E-state index contributed by atoms with van der Waals surface area (Å²) in [6.07, 6.45) is 0.819. The molecule has 1 unspecified atom stereocenters. The van der Waals surface area contributed by atoms with Gasteiger partial charge in [0.1, 0.15) is 11.9 Å². The maximum atomic E-state index is 12.5. The normalized spacial score (nSPS) is 18.5. The molecule has 3 heterocycles. The first-order valence-corrected chi connectivity index (χ1v) is 8.29. The monoisotopic (exact) mass is 320 g/mol. The molecule has 0 aromatic carbocycles. The molecule has 2 amide bonds.